The van der Waals surface area contributed by atoms with Crippen LogP contribution in [-0.4, -0.2) is 79.5 Å². The van der Waals surface area contributed by atoms with Crippen LogP contribution in [0.4, 0.5) is 0 Å². The zero-order chi connectivity index (χ0) is 53.1. The minimum atomic E-state index is -0.0631. The molecule has 3 aromatic carbocycles. The van der Waals surface area contributed by atoms with Crippen molar-refractivity contribution in [3.05, 3.63) is 181 Å². The number of nitrogens with zero attached hydrogens (tertiary/aromatic N) is 6. The van der Waals surface area contributed by atoms with E-state index in [9.17, 15) is 14.4 Å². The summed E-state index contributed by atoms with van der Waals surface area (Å²) < 4.78 is 8.88. The third-order valence-corrected chi connectivity index (χ3v) is 12.2. The predicted octanol–water partition coefficient (Wildman–Crippen LogP) is 11.2. The summed E-state index contributed by atoms with van der Waals surface area (Å²) in [6, 6.07) is 31.5. The summed E-state index contributed by atoms with van der Waals surface area (Å²) in [7, 11) is 4.31. The van der Waals surface area contributed by atoms with E-state index >= 15 is 0 Å². The van der Waals surface area contributed by atoms with Gasteiger partial charge in [-0.2, -0.15) is 5.10 Å². The van der Waals surface area contributed by atoms with Gasteiger partial charge < -0.3 is 14.6 Å². The summed E-state index contributed by atoms with van der Waals surface area (Å²) in [6.07, 6.45) is 4.36. The molecule has 71 heavy (non-hydrogen) atoms. The fourth-order valence-corrected chi connectivity index (χ4v) is 7.46. The monoisotopic (exact) mass is 968 g/mol. The normalized spacial score (nSPS) is 14.2. The lowest BCUT2D eigenvalue weighted by Gasteiger charge is -2.49. The maximum Gasteiger partial charge on any atom is 0.267 e. The van der Waals surface area contributed by atoms with Crippen LogP contribution in [0, 0.1) is 5.41 Å². The van der Waals surface area contributed by atoms with E-state index in [2.05, 4.69) is 168 Å². The molecule has 11 nitrogen and oxygen atoms in total. The number of hydrogen-bond acceptors (Lipinski definition) is 8. The van der Waals surface area contributed by atoms with E-state index in [0.29, 0.717) is 30.6 Å². The van der Waals surface area contributed by atoms with Crippen molar-refractivity contribution in [2.75, 3.05) is 33.8 Å². The molecule has 5 heterocycles. The number of aromatic amines is 1. The number of aromatic nitrogens is 5. The summed E-state index contributed by atoms with van der Waals surface area (Å²) in [5.41, 5.74) is 8.30. The van der Waals surface area contributed by atoms with Crippen molar-refractivity contribution in [1.29, 1.82) is 0 Å². The Balaban J connectivity index is 0.000000195. The molecule has 0 atom stereocenters. The van der Waals surface area contributed by atoms with E-state index in [-0.39, 0.29) is 38.3 Å². The average molecular weight is 968 g/mol. The molecule has 0 unspecified atom stereocenters. The summed E-state index contributed by atoms with van der Waals surface area (Å²) in [5, 5.41) is 5.13. The molecule has 2 aliphatic heterocycles. The highest BCUT2D eigenvalue weighted by molar-refractivity contribution is 5.76. The minimum Gasteiger partial charge on any atom is -0.489 e. The first-order valence-electron chi connectivity index (χ1n) is 24.9. The van der Waals surface area contributed by atoms with Crippen molar-refractivity contribution in [2.24, 2.45) is 5.41 Å². The number of benzene rings is 3. The second-order valence-corrected chi connectivity index (χ2v) is 24.4. The summed E-state index contributed by atoms with van der Waals surface area (Å²) in [6.45, 7) is 40.7. The van der Waals surface area contributed by atoms with E-state index < -0.39 is 0 Å². The first kappa shape index (κ1) is 57.7. The van der Waals surface area contributed by atoms with Crippen LogP contribution in [0.2, 0.25) is 0 Å². The quantitative estimate of drug-likeness (QED) is 0.174. The van der Waals surface area contributed by atoms with Crippen molar-refractivity contribution < 1.29 is 4.74 Å². The van der Waals surface area contributed by atoms with Crippen LogP contribution in [0.1, 0.15) is 132 Å². The number of likely N-dealkylation sites (tertiary alicyclic amines) is 1. The third-order valence-electron chi connectivity index (χ3n) is 12.2. The maximum absolute atomic E-state index is 12.1. The molecule has 6 aromatic rings. The SMILES string of the molecule is C=C1COc2cc(C(C)(C)C)ccc2C1.CC(C)(C)Cn1cnc2ccccc2c1=O.CC(C)(C)c1ccc(=O)[nH]c1.CC(C)(C)c1ccc(=O)n(Cc2ccccc2)n1.CN(C)C1CN(C(C)(C)C)C1. The van der Waals surface area contributed by atoms with E-state index in [4.69, 9.17) is 4.74 Å². The Hall–Kier alpha value is -5.91. The van der Waals surface area contributed by atoms with Crippen molar-refractivity contribution in [3.8, 4) is 5.75 Å². The molecule has 0 radical (unpaired) electrons. The van der Waals surface area contributed by atoms with Crippen LogP contribution in [0.5, 0.6) is 5.75 Å². The van der Waals surface area contributed by atoms with E-state index in [1.165, 1.54) is 28.9 Å². The number of fused-ring (bicyclic) bond motifs is 2. The molecule has 2 aliphatic rings. The van der Waals surface area contributed by atoms with Gasteiger partial charge in [0.2, 0.25) is 5.56 Å². The largest absolute Gasteiger partial charge is 0.489 e. The summed E-state index contributed by atoms with van der Waals surface area (Å²) in [5.74, 6) is 1.04. The Bertz CT molecular complexity index is 2810. The van der Waals surface area contributed by atoms with Crippen molar-refractivity contribution in [2.45, 2.75) is 151 Å². The summed E-state index contributed by atoms with van der Waals surface area (Å²) in [4.78, 5) is 46.4. The first-order valence-corrected chi connectivity index (χ1v) is 24.9. The highest BCUT2D eigenvalue weighted by atomic mass is 16.5. The molecule has 0 spiro atoms. The number of rotatable bonds is 4. The van der Waals surface area contributed by atoms with Gasteiger partial charge in [0.15, 0.2) is 0 Å². The Morgan fingerprint density at radius 2 is 1.32 bits per heavy atom. The molecule has 0 aliphatic carbocycles. The molecule has 0 saturated carbocycles. The predicted molar refractivity (Wildman–Crippen MR) is 296 cm³/mol. The zero-order valence-electron chi connectivity index (χ0n) is 46.2. The van der Waals surface area contributed by atoms with Gasteiger partial charge in [-0.3, -0.25) is 23.9 Å². The molecule has 0 bridgehead atoms. The van der Waals surface area contributed by atoms with Gasteiger partial charge in [-0.15, -0.1) is 0 Å². The Morgan fingerprint density at radius 1 is 0.718 bits per heavy atom. The lowest BCUT2D eigenvalue weighted by Crippen LogP contribution is -2.63. The van der Waals surface area contributed by atoms with Crippen molar-refractivity contribution >= 4 is 10.9 Å². The number of nitrogens with one attached hydrogen (secondary N) is 1. The molecule has 1 saturated heterocycles. The lowest BCUT2D eigenvalue weighted by atomic mass is 9.85. The van der Waals surface area contributed by atoms with Gasteiger partial charge in [0.1, 0.15) is 12.4 Å². The molecule has 1 N–H and O–H groups in total. The molecule has 0 amide bonds. The third kappa shape index (κ3) is 18.3. The van der Waals surface area contributed by atoms with Crippen LogP contribution in [0.15, 0.2) is 136 Å². The second kappa shape index (κ2) is 24.0. The van der Waals surface area contributed by atoms with Crippen molar-refractivity contribution in [1.82, 2.24) is 34.1 Å². The van der Waals surface area contributed by atoms with E-state index in [0.717, 1.165) is 46.1 Å². The van der Waals surface area contributed by atoms with Crippen molar-refractivity contribution in [3.63, 3.8) is 0 Å². The second-order valence-electron chi connectivity index (χ2n) is 24.4. The number of likely N-dealkylation sites (N-methyl/N-ethyl adjacent to an activating group) is 1. The highest BCUT2D eigenvalue weighted by Gasteiger charge is 2.35. The van der Waals surface area contributed by atoms with E-state index in [1.807, 2.05) is 66.7 Å². The van der Waals surface area contributed by atoms with Gasteiger partial charge in [0.05, 0.1) is 29.5 Å². The lowest BCUT2D eigenvalue weighted by molar-refractivity contribution is -0.00401. The highest BCUT2D eigenvalue weighted by Crippen LogP contribution is 2.32. The number of H-pyrrole nitrogens is 1. The Labute approximate surface area is 425 Å². The maximum atomic E-state index is 12.1. The molecular weight excluding hydrogens is 883 g/mol. The van der Waals surface area contributed by atoms with Gasteiger partial charge in [0.25, 0.3) is 11.1 Å². The van der Waals surface area contributed by atoms with Crippen LogP contribution >= 0.6 is 0 Å². The molecule has 11 heteroatoms. The van der Waals surface area contributed by atoms with Crippen LogP contribution in [0.3, 0.4) is 0 Å². The number of ether oxygens (including phenoxy) is 1. The summed E-state index contributed by atoms with van der Waals surface area (Å²) >= 11 is 0. The van der Waals surface area contributed by atoms with Crippen LogP contribution in [0.25, 0.3) is 10.9 Å². The standard InChI is InChI=1S/C15H18N2O.C14H18O.C13H16N2O.C9H20N2.C9H13NO/c1-15(2,3)13-9-10-14(18)17(16-13)11-12-7-5-4-6-8-12;1-10-7-11-5-6-12(14(2,3)4)8-13(11)15-9-10;1-13(2,3)8-15-9-14-11-7-5-4-6-10(11)12(15)16;1-9(2,3)11-6-8(7-11)10(4)5;1-9(2,3)7-4-5-8(11)10-6-7/h4-10H,11H2,1-3H3;5-6,8H,1,7,9H2,2-4H3;4-7,9H,8H2,1-3H3;8H,6-7H2,1-5H3;4-6H,1-3H3,(H,10,11). The van der Waals surface area contributed by atoms with Gasteiger partial charge in [-0.05, 0) is 103 Å². The fraction of sp³-hybridized carbons (Fsp3) is 0.483. The van der Waals surface area contributed by atoms with Gasteiger partial charge in [-0.1, -0.05) is 150 Å². The Kier molecular flexibility index (Phi) is 19.5. The van der Waals surface area contributed by atoms with Gasteiger partial charge in [-0.25, -0.2) is 9.67 Å². The Morgan fingerprint density at radius 3 is 1.87 bits per heavy atom. The molecule has 8 rings (SSSR count). The number of hydrogen-bond donors (Lipinski definition) is 1. The molecule has 1 fully saturated rings. The van der Waals surface area contributed by atoms with Gasteiger partial charge in [0, 0.05) is 61.4 Å². The van der Waals surface area contributed by atoms with Crippen LogP contribution in [-0.2, 0) is 35.8 Å². The minimum absolute atomic E-state index is 0.0422. The number of pyridine rings is 1. The molecule has 3 aromatic heterocycles. The smallest absolute Gasteiger partial charge is 0.267 e. The molecular formula is C60H85N7O4. The van der Waals surface area contributed by atoms with Gasteiger partial charge >= 0.3 is 0 Å². The fourth-order valence-electron chi connectivity index (χ4n) is 7.46. The topological polar surface area (TPSA) is 118 Å². The molecule has 384 valence electrons. The number of para-hydroxylation sites is 1. The van der Waals surface area contributed by atoms with Crippen LogP contribution < -0.4 is 21.4 Å². The average Bonchev–Trinajstić information content (AvgIpc) is 3.24. The zero-order valence-corrected chi connectivity index (χ0v) is 46.2. The van der Waals surface area contributed by atoms with E-state index in [1.54, 1.807) is 29.2 Å². The first-order chi connectivity index (χ1) is 32.8.